The van der Waals surface area contributed by atoms with Crippen LogP contribution in [0.1, 0.15) is 36.0 Å². The van der Waals surface area contributed by atoms with E-state index in [4.69, 9.17) is 27.9 Å². The van der Waals surface area contributed by atoms with Crippen molar-refractivity contribution in [3.05, 3.63) is 106 Å². The average Bonchev–Trinajstić information content (AvgIpc) is 2.93. The van der Waals surface area contributed by atoms with Gasteiger partial charge in [0.2, 0.25) is 5.91 Å². The summed E-state index contributed by atoms with van der Waals surface area (Å²) in [5, 5.41) is 12.2. The fourth-order valence-electron chi connectivity index (χ4n) is 5.45. The smallest absolute Gasteiger partial charge is 0.249 e. The number of hydrogen-bond acceptors (Lipinski definition) is 4. The number of benzene rings is 3. The standard InChI is InChI=1S/C30H32Cl2N2O3/c31-26-12-11-25(19-27(26)32)30(22-34(28(35)21-37-30)20-23-7-3-1-4-8-23)15-18-33-16-13-29(36,14-17-33)24-9-5-2-6-10-24/h1-12,19,36H,13-18,20-22H2. The van der Waals surface area contributed by atoms with Crippen LogP contribution in [0, 0.1) is 0 Å². The number of morpholine rings is 1. The van der Waals surface area contributed by atoms with Crippen molar-refractivity contribution in [3.63, 3.8) is 0 Å². The van der Waals surface area contributed by atoms with Crippen LogP contribution in [-0.2, 0) is 27.3 Å². The molecular weight excluding hydrogens is 507 g/mol. The summed E-state index contributed by atoms with van der Waals surface area (Å²) in [5.41, 5.74) is 1.48. The van der Waals surface area contributed by atoms with E-state index in [1.807, 2.05) is 77.7 Å². The van der Waals surface area contributed by atoms with Crippen molar-refractivity contribution >= 4 is 29.1 Å². The molecule has 2 saturated heterocycles. The summed E-state index contributed by atoms with van der Waals surface area (Å²) in [6.07, 6.45) is 2.04. The van der Waals surface area contributed by atoms with Gasteiger partial charge >= 0.3 is 0 Å². The Morgan fingerprint density at radius 2 is 1.54 bits per heavy atom. The van der Waals surface area contributed by atoms with Crippen LogP contribution in [0.2, 0.25) is 10.0 Å². The number of piperidine rings is 1. The number of amides is 1. The number of halogens is 2. The number of carbonyl (C=O) groups is 1. The van der Waals surface area contributed by atoms with E-state index in [9.17, 15) is 9.90 Å². The number of rotatable bonds is 7. The average molecular weight is 540 g/mol. The van der Waals surface area contributed by atoms with E-state index in [0.717, 1.165) is 36.3 Å². The van der Waals surface area contributed by atoms with Crippen LogP contribution in [0.25, 0.3) is 0 Å². The SMILES string of the molecule is O=C1COC(CCN2CCC(O)(c3ccccc3)CC2)(c2ccc(Cl)c(Cl)c2)CN1Cc1ccccc1. The molecule has 5 rings (SSSR count). The fourth-order valence-corrected chi connectivity index (χ4v) is 5.75. The number of nitrogens with zero attached hydrogens (tertiary/aromatic N) is 2. The summed E-state index contributed by atoms with van der Waals surface area (Å²) >= 11 is 12.7. The molecule has 0 aliphatic carbocycles. The Labute approximate surface area is 228 Å². The minimum absolute atomic E-state index is 0.0147. The molecule has 1 N–H and O–H groups in total. The molecule has 2 fully saturated rings. The first-order valence-electron chi connectivity index (χ1n) is 12.8. The number of hydrogen-bond donors (Lipinski definition) is 1. The normalized spacial score (nSPS) is 22.2. The highest BCUT2D eigenvalue weighted by molar-refractivity contribution is 6.42. The molecule has 1 amide bonds. The summed E-state index contributed by atoms with van der Waals surface area (Å²) in [6.45, 7) is 3.32. The highest BCUT2D eigenvalue weighted by Crippen LogP contribution is 2.39. The summed E-state index contributed by atoms with van der Waals surface area (Å²) in [4.78, 5) is 17.1. The van der Waals surface area contributed by atoms with Crippen molar-refractivity contribution in [1.82, 2.24) is 9.80 Å². The second kappa shape index (κ2) is 11.1. The highest BCUT2D eigenvalue weighted by Gasteiger charge is 2.42. The minimum atomic E-state index is -0.792. The zero-order valence-electron chi connectivity index (χ0n) is 20.8. The third-order valence-corrected chi connectivity index (χ3v) is 8.50. The van der Waals surface area contributed by atoms with Crippen molar-refractivity contribution < 1.29 is 14.6 Å². The van der Waals surface area contributed by atoms with E-state index in [1.54, 1.807) is 6.07 Å². The summed E-state index contributed by atoms with van der Waals surface area (Å²) in [6, 6.07) is 25.6. The van der Waals surface area contributed by atoms with E-state index in [1.165, 1.54) is 0 Å². The van der Waals surface area contributed by atoms with E-state index in [0.29, 0.717) is 42.4 Å². The lowest BCUT2D eigenvalue weighted by Gasteiger charge is -2.45. The van der Waals surface area contributed by atoms with Gasteiger partial charge < -0.3 is 19.6 Å². The van der Waals surface area contributed by atoms with Crippen molar-refractivity contribution in [3.8, 4) is 0 Å². The lowest BCUT2D eigenvalue weighted by atomic mass is 9.83. The molecule has 2 heterocycles. The number of carbonyl (C=O) groups excluding carboxylic acids is 1. The number of aliphatic hydroxyl groups is 1. The van der Waals surface area contributed by atoms with E-state index >= 15 is 0 Å². The monoisotopic (exact) mass is 538 g/mol. The first-order valence-corrected chi connectivity index (χ1v) is 13.5. The van der Waals surface area contributed by atoms with Crippen molar-refractivity contribution in [2.75, 3.05) is 32.8 Å². The fraction of sp³-hybridized carbons (Fsp3) is 0.367. The molecular formula is C30H32Cl2N2O3. The predicted molar refractivity (Wildman–Crippen MR) is 147 cm³/mol. The molecule has 2 aliphatic rings. The molecule has 194 valence electrons. The summed E-state index contributed by atoms with van der Waals surface area (Å²) < 4.78 is 6.36. The van der Waals surface area contributed by atoms with Crippen LogP contribution in [0.3, 0.4) is 0 Å². The first kappa shape index (κ1) is 26.2. The van der Waals surface area contributed by atoms with Crippen LogP contribution in [-0.4, -0.2) is 53.6 Å². The largest absolute Gasteiger partial charge is 0.385 e. The summed E-state index contributed by atoms with van der Waals surface area (Å²) in [5.74, 6) is -0.0227. The lowest BCUT2D eigenvalue weighted by molar-refractivity contribution is -0.169. The second-order valence-electron chi connectivity index (χ2n) is 10.1. The highest BCUT2D eigenvalue weighted by atomic mass is 35.5. The maximum absolute atomic E-state index is 12.9. The second-order valence-corrected chi connectivity index (χ2v) is 11.0. The Morgan fingerprint density at radius 3 is 2.22 bits per heavy atom. The maximum Gasteiger partial charge on any atom is 0.249 e. The van der Waals surface area contributed by atoms with Gasteiger partial charge in [-0.1, -0.05) is 89.9 Å². The third-order valence-electron chi connectivity index (χ3n) is 7.76. The van der Waals surface area contributed by atoms with E-state index in [2.05, 4.69) is 4.90 Å². The topological polar surface area (TPSA) is 53.0 Å². The number of likely N-dealkylation sites (tertiary alicyclic amines) is 1. The van der Waals surface area contributed by atoms with E-state index < -0.39 is 11.2 Å². The Bertz CT molecular complexity index is 1220. The molecule has 7 heteroatoms. The Kier molecular flexibility index (Phi) is 7.89. The van der Waals surface area contributed by atoms with Gasteiger partial charge in [0.1, 0.15) is 12.2 Å². The van der Waals surface area contributed by atoms with Crippen molar-refractivity contribution in [2.45, 2.75) is 37.0 Å². The van der Waals surface area contributed by atoms with Gasteiger partial charge in [-0.3, -0.25) is 4.79 Å². The molecule has 0 bridgehead atoms. The Morgan fingerprint density at radius 1 is 0.865 bits per heavy atom. The molecule has 5 nitrogen and oxygen atoms in total. The third kappa shape index (κ3) is 5.87. The zero-order chi connectivity index (χ0) is 25.9. The van der Waals surface area contributed by atoms with Gasteiger partial charge in [0.25, 0.3) is 0 Å². The minimum Gasteiger partial charge on any atom is -0.385 e. The van der Waals surface area contributed by atoms with Gasteiger partial charge in [0, 0.05) is 26.2 Å². The van der Waals surface area contributed by atoms with Gasteiger partial charge in [0.05, 0.1) is 22.2 Å². The quantitative estimate of drug-likeness (QED) is 0.424. The number of ether oxygens (including phenoxy) is 1. The van der Waals surface area contributed by atoms with Gasteiger partial charge in [0.15, 0.2) is 0 Å². The van der Waals surface area contributed by atoms with Crippen LogP contribution in [0.5, 0.6) is 0 Å². The molecule has 3 aromatic rings. The maximum atomic E-state index is 12.9. The Balaban J connectivity index is 1.33. The van der Waals surface area contributed by atoms with Gasteiger partial charge in [-0.05, 0) is 48.1 Å². The molecule has 0 radical (unpaired) electrons. The van der Waals surface area contributed by atoms with Gasteiger partial charge in [-0.15, -0.1) is 0 Å². The summed E-state index contributed by atoms with van der Waals surface area (Å²) in [7, 11) is 0. The van der Waals surface area contributed by atoms with Crippen LogP contribution >= 0.6 is 23.2 Å². The van der Waals surface area contributed by atoms with Gasteiger partial charge in [-0.25, -0.2) is 0 Å². The molecule has 37 heavy (non-hydrogen) atoms. The van der Waals surface area contributed by atoms with Crippen molar-refractivity contribution in [2.24, 2.45) is 0 Å². The Hall–Kier alpha value is -2.41. The predicted octanol–water partition coefficient (Wildman–Crippen LogP) is 5.62. The van der Waals surface area contributed by atoms with E-state index in [-0.39, 0.29) is 12.5 Å². The van der Waals surface area contributed by atoms with Crippen LogP contribution < -0.4 is 0 Å². The first-order chi connectivity index (χ1) is 17.9. The molecule has 0 spiro atoms. The molecule has 1 unspecified atom stereocenters. The van der Waals surface area contributed by atoms with Crippen LogP contribution in [0.4, 0.5) is 0 Å². The van der Waals surface area contributed by atoms with Gasteiger partial charge in [-0.2, -0.15) is 0 Å². The molecule has 1 atom stereocenters. The van der Waals surface area contributed by atoms with Crippen molar-refractivity contribution in [1.29, 1.82) is 0 Å². The molecule has 0 aromatic heterocycles. The molecule has 0 saturated carbocycles. The molecule has 2 aliphatic heterocycles. The lowest BCUT2D eigenvalue weighted by Crippen LogP contribution is -2.54. The van der Waals surface area contributed by atoms with Crippen LogP contribution in [0.15, 0.2) is 78.9 Å². The zero-order valence-corrected chi connectivity index (χ0v) is 22.3. The molecule has 3 aromatic carbocycles.